The van der Waals surface area contributed by atoms with Gasteiger partial charge in [-0.3, -0.25) is 9.88 Å². The Morgan fingerprint density at radius 2 is 2.12 bits per heavy atom. The van der Waals surface area contributed by atoms with E-state index in [-0.39, 0.29) is 0 Å². The number of pyridine rings is 1. The molecule has 0 saturated carbocycles. The zero-order valence-corrected chi connectivity index (χ0v) is 14.9. The zero-order chi connectivity index (χ0) is 16.9. The minimum atomic E-state index is 0.444. The van der Waals surface area contributed by atoms with E-state index >= 15 is 0 Å². The number of aromatic nitrogens is 3. The lowest BCUT2D eigenvalue weighted by atomic mass is 10.1. The van der Waals surface area contributed by atoms with Gasteiger partial charge in [0.2, 0.25) is 0 Å². The van der Waals surface area contributed by atoms with Gasteiger partial charge >= 0.3 is 0 Å². The molecule has 0 aromatic carbocycles. The molecule has 4 heterocycles. The molecule has 25 heavy (non-hydrogen) atoms. The van der Waals surface area contributed by atoms with E-state index in [1.807, 2.05) is 41.9 Å². The van der Waals surface area contributed by atoms with E-state index in [2.05, 4.69) is 43.1 Å². The second-order valence-electron chi connectivity index (χ2n) is 6.45. The summed E-state index contributed by atoms with van der Waals surface area (Å²) < 4.78 is 8.24. The molecule has 0 saturated heterocycles. The van der Waals surface area contributed by atoms with Crippen molar-refractivity contribution < 1.29 is 4.74 Å². The molecule has 0 unspecified atom stereocenters. The highest BCUT2D eigenvalue weighted by atomic mass is 32.1. The second kappa shape index (κ2) is 7.91. The van der Waals surface area contributed by atoms with E-state index in [0.717, 1.165) is 44.3 Å². The summed E-state index contributed by atoms with van der Waals surface area (Å²) in [5.74, 6) is 1.59. The Morgan fingerprint density at radius 3 is 2.96 bits per heavy atom. The Labute approximate surface area is 151 Å². The topological polar surface area (TPSA) is 43.2 Å². The number of hydrogen-bond acceptors (Lipinski definition) is 5. The predicted molar refractivity (Wildman–Crippen MR) is 98.0 cm³/mol. The number of nitrogens with zero attached hydrogens (tertiary/aromatic N) is 4. The molecule has 0 aliphatic carbocycles. The van der Waals surface area contributed by atoms with Gasteiger partial charge in [-0.05, 0) is 23.6 Å². The fourth-order valence-electron chi connectivity index (χ4n) is 3.29. The van der Waals surface area contributed by atoms with Crippen LogP contribution < -0.4 is 0 Å². The highest BCUT2D eigenvalue weighted by Crippen LogP contribution is 2.20. The molecule has 1 aliphatic rings. The average Bonchev–Trinajstić information content (AvgIpc) is 3.25. The van der Waals surface area contributed by atoms with Gasteiger partial charge in [-0.15, -0.1) is 11.3 Å². The van der Waals surface area contributed by atoms with Gasteiger partial charge in [-0.2, -0.15) is 0 Å². The lowest BCUT2D eigenvalue weighted by Gasteiger charge is -2.23. The Balaban J connectivity index is 1.40. The van der Waals surface area contributed by atoms with Gasteiger partial charge < -0.3 is 9.30 Å². The van der Waals surface area contributed by atoms with Gasteiger partial charge in [0.05, 0.1) is 25.5 Å². The van der Waals surface area contributed by atoms with Crippen molar-refractivity contribution in [1.29, 1.82) is 0 Å². The first-order valence-electron chi connectivity index (χ1n) is 8.59. The largest absolute Gasteiger partial charge is 0.375 e. The Hall–Kier alpha value is -2.02. The van der Waals surface area contributed by atoms with Crippen LogP contribution >= 0.6 is 11.3 Å². The summed E-state index contributed by atoms with van der Waals surface area (Å²) in [6.07, 6.45) is 5.79. The van der Waals surface area contributed by atoms with Crippen LogP contribution in [0.4, 0.5) is 0 Å². The van der Waals surface area contributed by atoms with Crippen molar-refractivity contribution in [2.24, 2.45) is 5.92 Å². The summed E-state index contributed by atoms with van der Waals surface area (Å²) in [5.41, 5.74) is 0.981. The highest BCUT2D eigenvalue weighted by molar-refractivity contribution is 7.09. The van der Waals surface area contributed by atoms with Gasteiger partial charge in [0, 0.05) is 49.0 Å². The van der Waals surface area contributed by atoms with E-state index in [4.69, 9.17) is 4.74 Å². The lowest BCUT2D eigenvalue weighted by Crippen LogP contribution is -2.29. The molecule has 5 nitrogen and oxygen atoms in total. The van der Waals surface area contributed by atoms with Crippen LogP contribution in [0.5, 0.6) is 0 Å². The quantitative estimate of drug-likeness (QED) is 0.682. The predicted octanol–water partition coefficient (Wildman–Crippen LogP) is 3.19. The molecule has 0 spiro atoms. The van der Waals surface area contributed by atoms with Crippen LogP contribution in [0.3, 0.4) is 0 Å². The number of hydrogen-bond donors (Lipinski definition) is 0. The molecule has 4 rings (SSSR count). The number of imidazole rings is 1. The Kier molecular flexibility index (Phi) is 5.20. The van der Waals surface area contributed by atoms with E-state index in [9.17, 15) is 0 Å². The first-order chi connectivity index (χ1) is 12.4. The normalized spacial score (nSPS) is 18.0. The Bertz CT molecular complexity index is 772. The van der Waals surface area contributed by atoms with E-state index < -0.39 is 0 Å². The number of fused-ring (bicyclic) bond motifs is 1. The molecule has 130 valence electrons. The maximum Gasteiger partial charge on any atom is 0.122 e. The molecule has 6 heteroatoms. The van der Waals surface area contributed by atoms with Crippen LogP contribution in [0.25, 0.3) is 0 Å². The van der Waals surface area contributed by atoms with Gasteiger partial charge in [0.15, 0.2) is 0 Å². The van der Waals surface area contributed by atoms with Crippen LogP contribution in [0.1, 0.15) is 16.4 Å². The van der Waals surface area contributed by atoms with Gasteiger partial charge in [0.1, 0.15) is 5.82 Å². The summed E-state index contributed by atoms with van der Waals surface area (Å²) >= 11 is 1.81. The summed E-state index contributed by atoms with van der Waals surface area (Å²) in [5, 5.41) is 2.14. The van der Waals surface area contributed by atoms with Crippen molar-refractivity contribution in [3.63, 3.8) is 0 Å². The number of thiophene rings is 1. The van der Waals surface area contributed by atoms with Crippen molar-refractivity contribution in [2.45, 2.75) is 26.2 Å². The molecule has 3 aromatic rings. The van der Waals surface area contributed by atoms with Crippen molar-refractivity contribution in [3.8, 4) is 0 Å². The molecule has 0 bridgehead atoms. The highest BCUT2D eigenvalue weighted by Gasteiger charge is 2.23. The van der Waals surface area contributed by atoms with Crippen LogP contribution in [0.15, 0.2) is 54.3 Å². The SMILES string of the molecule is c1ccc(COC[C@@H]2CN(Cc3cccs3)Cc3nccn3C2)nc1. The molecule has 0 radical (unpaired) electrons. The minimum absolute atomic E-state index is 0.444. The standard InChI is InChI=1S/C19H22N4OS/c1-2-6-20-17(4-1)15-24-14-16-10-22(12-18-5-3-9-25-18)13-19-21-7-8-23(19)11-16/h1-9,16H,10-15H2/t16-/m1/s1. The van der Waals surface area contributed by atoms with E-state index in [1.165, 1.54) is 4.88 Å². The lowest BCUT2D eigenvalue weighted by molar-refractivity contribution is 0.0650. The van der Waals surface area contributed by atoms with Crippen molar-refractivity contribution in [3.05, 3.63) is 70.7 Å². The summed E-state index contributed by atoms with van der Waals surface area (Å²) in [7, 11) is 0. The third-order valence-electron chi connectivity index (χ3n) is 4.43. The fraction of sp³-hybridized carbons (Fsp3) is 0.368. The Morgan fingerprint density at radius 1 is 1.12 bits per heavy atom. The third-order valence-corrected chi connectivity index (χ3v) is 5.29. The molecular weight excluding hydrogens is 332 g/mol. The van der Waals surface area contributed by atoms with Gasteiger partial charge in [-0.25, -0.2) is 4.98 Å². The van der Waals surface area contributed by atoms with Gasteiger partial charge in [-0.1, -0.05) is 12.1 Å². The molecule has 1 atom stereocenters. The molecular formula is C19H22N4OS. The molecule has 0 N–H and O–H groups in total. The van der Waals surface area contributed by atoms with Crippen molar-refractivity contribution in [2.75, 3.05) is 13.2 Å². The average molecular weight is 354 g/mol. The zero-order valence-electron chi connectivity index (χ0n) is 14.1. The van der Waals surface area contributed by atoms with E-state index in [0.29, 0.717) is 12.5 Å². The summed E-state index contributed by atoms with van der Waals surface area (Å²) in [6.45, 7) is 5.14. The van der Waals surface area contributed by atoms with Gasteiger partial charge in [0.25, 0.3) is 0 Å². The smallest absolute Gasteiger partial charge is 0.122 e. The van der Waals surface area contributed by atoms with Crippen molar-refractivity contribution >= 4 is 11.3 Å². The second-order valence-corrected chi connectivity index (χ2v) is 7.48. The first kappa shape index (κ1) is 16.4. The maximum absolute atomic E-state index is 5.97. The maximum atomic E-state index is 5.97. The van der Waals surface area contributed by atoms with E-state index in [1.54, 1.807) is 0 Å². The van der Waals surface area contributed by atoms with Crippen LogP contribution in [-0.2, 0) is 31.0 Å². The van der Waals surface area contributed by atoms with Crippen LogP contribution in [-0.4, -0.2) is 32.6 Å². The molecule has 1 aliphatic heterocycles. The third kappa shape index (κ3) is 4.34. The first-order valence-corrected chi connectivity index (χ1v) is 9.47. The molecule has 0 amide bonds. The molecule has 3 aromatic heterocycles. The monoisotopic (exact) mass is 354 g/mol. The fourth-order valence-corrected chi connectivity index (χ4v) is 4.03. The number of ether oxygens (including phenoxy) is 1. The summed E-state index contributed by atoms with van der Waals surface area (Å²) in [6, 6.07) is 10.3. The summed E-state index contributed by atoms with van der Waals surface area (Å²) in [4.78, 5) is 12.7. The van der Waals surface area contributed by atoms with Crippen LogP contribution in [0, 0.1) is 5.92 Å². The van der Waals surface area contributed by atoms with Crippen LogP contribution in [0.2, 0.25) is 0 Å². The molecule has 0 fully saturated rings. The van der Waals surface area contributed by atoms with Crippen molar-refractivity contribution in [1.82, 2.24) is 19.4 Å². The minimum Gasteiger partial charge on any atom is -0.375 e. The number of rotatable bonds is 6.